The Hall–Kier alpha value is -1.64. The molecule has 0 aromatic carbocycles. The molecule has 0 fully saturated rings. The molecule has 0 bridgehead atoms. The van der Waals surface area contributed by atoms with Gasteiger partial charge in [-0.05, 0) is 30.5 Å². The molecule has 1 N–H and O–H groups in total. The van der Waals surface area contributed by atoms with E-state index >= 15 is 0 Å². The van der Waals surface area contributed by atoms with Gasteiger partial charge in [0.25, 0.3) is 0 Å². The van der Waals surface area contributed by atoms with Crippen LogP contribution >= 0.6 is 0 Å². The number of rotatable bonds is 4. The summed E-state index contributed by atoms with van der Waals surface area (Å²) in [5.41, 5.74) is 2.25. The molecule has 1 heterocycles. The van der Waals surface area contributed by atoms with E-state index in [4.69, 9.17) is 0 Å². The molecule has 15 heavy (non-hydrogen) atoms. The minimum atomic E-state index is 0.0145. The molecule has 0 saturated heterocycles. The number of aryl methyl sites for hydroxylation is 1. The molecule has 1 aromatic rings. The normalized spacial score (nSPS) is 10.5. The van der Waals surface area contributed by atoms with E-state index in [0.29, 0.717) is 6.54 Å². The largest absolute Gasteiger partial charge is 0.356 e. The maximum atomic E-state index is 10.6. The third-order valence-electron chi connectivity index (χ3n) is 1.89. The average molecular weight is 204 g/mol. The summed E-state index contributed by atoms with van der Waals surface area (Å²) < 4.78 is 0. The van der Waals surface area contributed by atoms with Crippen molar-refractivity contribution in [2.24, 2.45) is 0 Å². The van der Waals surface area contributed by atoms with Crippen LogP contribution in [0.3, 0.4) is 0 Å². The van der Waals surface area contributed by atoms with E-state index in [2.05, 4.69) is 16.4 Å². The first-order valence-corrected chi connectivity index (χ1v) is 5.01. The SMILES string of the molecule is CC(=O)NCCC=Cc1cncc(C)c1. The number of amides is 1. The van der Waals surface area contributed by atoms with Crippen LogP contribution < -0.4 is 5.32 Å². The Bertz CT molecular complexity index is 358. The highest BCUT2D eigenvalue weighted by Gasteiger charge is 1.89. The molecule has 0 aliphatic carbocycles. The van der Waals surface area contributed by atoms with Crippen LogP contribution in [-0.2, 0) is 4.79 Å². The van der Waals surface area contributed by atoms with Gasteiger partial charge in [0.2, 0.25) is 5.91 Å². The fraction of sp³-hybridized carbons (Fsp3) is 0.333. The van der Waals surface area contributed by atoms with E-state index in [9.17, 15) is 4.79 Å². The summed E-state index contributed by atoms with van der Waals surface area (Å²) in [6.45, 7) is 4.22. The van der Waals surface area contributed by atoms with Crippen LogP contribution in [-0.4, -0.2) is 17.4 Å². The van der Waals surface area contributed by atoms with Crippen LogP contribution in [0.15, 0.2) is 24.5 Å². The molecular formula is C12H16N2O. The summed E-state index contributed by atoms with van der Waals surface area (Å²) in [5.74, 6) is 0.0145. The topological polar surface area (TPSA) is 42.0 Å². The molecule has 3 heteroatoms. The van der Waals surface area contributed by atoms with Gasteiger partial charge >= 0.3 is 0 Å². The molecule has 0 atom stereocenters. The molecule has 0 radical (unpaired) electrons. The van der Waals surface area contributed by atoms with Crippen LogP contribution in [0.1, 0.15) is 24.5 Å². The predicted octanol–water partition coefficient (Wildman–Crippen LogP) is 1.93. The highest BCUT2D eigenvalue weighted by Crippen LogP contribution is 2.03. The first-order chi connectivity index (χ1) is 7.18. The quantitative estimate of drug-likeness (QED) is 0.761. The number of hydrogen-bond acceptors (Lipinski definition) is 2. The molecule has 1 amide bonds. The van der Waals surface area contributed by atoms with Crippen LogP contribution in [0, 0.1) is 6.92 Å². The first-order valence-electron chi connectivity index (χ1n) is 5.01. The monoisotopic (exact) mass is 204 g/mol. The van der Waals surface area contributed by atoms with Gasteiger partial charge in [-0.3, -0.25) is 9.78 Å². The fourth-order valence-corrected chi connectivity index (χ4v) is 1.22. The van der Waals surface area contributed by atoms with Crippen molar-refractivity contribution >= 4 is 12.0 Å². The lowest BCUT2D eigenvalue weighted by Crippen LogP contribution is -2.20. The lowest BCUT2D eigenvalue weighted by atomic mass is 10.2. The third kappa shape index (κ3) is 4.96. The van der Waals surface area contributed by atoms with Crippen molar-refractivity contribution in [3.05, 3.63) is 35.7 Å². The summed E-state index contributed by atoms with van der Waals surface area (Å²) in [5, 5.41) is 2.74. The minimum absolute atomic E-state index is 0.0145. The predicted molar refractivity (Wildman–Crippen MR) is 61.3 cm³/mol. The number of nitrogens with zero attached hydrogens (tertiary/aromatic N) is 1. The molecular weight excluding hydrogens is 188 g/mol. The Labute approximate surface area is 90.2 Å². The van der Waals surface area contributed by atoms with Gasteiger partial charge in [0.15, 0.2) is 0 Å². The molecule has 0 spiro atoms. The smallest absolute Gasteiger partial charge is 0.216 e. The molecule has 1 aromatic heterocycles. The molecule has 0 aliphatic heterocycles. The van der Waals surface area contributed by atoms with Crippen molar-refractivity contribution in [1.29, 1.82) is 0 Å². The van der Waals surface area contributed by atoms with Gasteiger partial charge in [-0.25, -0.2) is 0 Å². The van der Waals surface area contributed by atoms with Gasteiger partial charge in [0.1, 0.15) is 0 Å². The summed E-state index contributed by atoms with van der Waals surface area (Å²) >= 11 is 0. The maximum Gasteiger partial charge on any atom is 0.216 e. The van der Waals surface area contributed by atoms with Crippen molar-refractivity contribution in [2.75, 3.05) is 6.54 Å². The molecule has 1 rings (SSSR count). The maximum absolute atomic E-state index is 10.6. The van der Waals surface area contributed by atoms with Crippen LogP contribution in [0.4, 0.5) is 0 Å². The number of nitrogens with one attached hydrogen (secondary N) is 1. The number of carbonyl (C=O) groups excluding carboxylic acids is 1. The van der Waals surface area contributed by atoms with Gasteiger partial charge in [-0.15, -0.1) is 0 Å². The van der Waals surface area contributed by atoms with Crippen molar-refractivity contribution in [3.8, 4) is 0 Å². The lowest BCUT2D eigenvalue weighted by Gasteiger charge is -1.97. The van der Waals surface area contributed by atoms with Gasteiger partial charge in [-0.1, -0.05) is 12.2 Å². The Balaban J connectivity index is 2.35. The number of pyridine rings is 1. The average Bonchev–Trinajstić information content (AvgIpc) is 2.17. The van der Waals surface area contributed by atoms with E-state index in [1.165, 1.54) is 6.92 Å². The van der Waals surface area contributed by atoms with Gasteiger partial charge < -0.3 is 5.32 Å². The van der Waals surface area contributed by atoms with E-state index in [1.54, 1.807) is 0 Å². The minimum Gasteiger partial charge on any atom is -0.356 e. The van der Waals surface area contributed by atoms with Crippen LogP contribution in [0.5, 0.6) is 0 Å². The molecule has 0 saturated carbocycles. The molecule has 80 valence electrons. The van der Waals surface area contributed by atoms with Crippen molar-refractivity contribution < 1.29 is 4.79 Å². The van der Waals surface area contributed by atoms with Crippen molar-refractivity contribution in [1.82, 2.24) is 10.3 Å². The molecule has 3 nitrogen and oxygen atoms in total. The van der Waals surface area contributed by atoms with Gasteiger partial charge in [0, 0.05) is 25.9 Å². The van der Waals surface area contributed by atoms with E-state index < -0.39 is 0 Å². The van der Waals surface area contributed by atoms with E-state index in [0.717, 1.165) is 17.5 Å². The second kappa shape index (κ2) is 5.96. The summed E-state index contributed by atoms with van der Waals surface area (Å²) in [6, 6.07) is 2.07. The Morgan fingerprint density at radius 1 is 1.53 bits per heavy atom. The standard InChI is InChI=1S/C12H16N2O/c1-10-7-12(9-13-8-10)5-3-4-6-14-11(2)15/h3,5,7-9H,4,6H2,1-2H3,(H,14,15). The highest BCUT2D eigenvalue weighted by molar-refractivity contribution is 5.72. The Morgan fingerprint density at radius 2 is 2.33 bits per heavy atom. The van der Waals surface area contributed by atoms with Crippen LogP contribution in [0.25, 0.3) is 6.08 Å². The number of carbonyl (C=O) groups is 1. The summed E-state index contributed by atoms with van der Waals surface area (Å²) in [7, 11) is 0. The van der Waals surface area contributed by atoms with E-state index in [-0.39, 0.29) is 5.91 Å². The third-order valence-corrected chi connectivity index (χ3v) is 1.89. The van der Waals surface area contributed by atoms with Gasteiger partial charge in [-0.2, -0.15) is 0 Å². The van der Waals surface area contributed by atoms with E-state index in [1.807, 2.05) is 31.5 Å². The second-order valence-corrected chi connectivity index (χ2v) is 3.47. The summed E-state index contributed by atoms with van der Waals surface area (Å²) in [4.78, 5) is 14.7. The Morgan fingerprint density at radius 3 is 3.00 bits per heavy atom. The van der Waals surface area contributed by atoms with Gasteiger partial charge in [0.05, 0.1) is 0 Å². The van der Waals surface area contributed by atoms with Crippen molar-refractivity contribution in [2.45, 2.75) is 20.3 Å². The van der Waals surface area contributed by atoms with Crippen molar-refractivity contribution in [3.63, 3.8) is 0 Å². The molecule has 0 unspecified atom stereocenters. The fourth-order valence-electron chi connectivity index (χ4n) is 1.22. The number of hydrogen-bond donors (Lipinski definition) is 1. The Kier molecular flexibility index (Phi) is 4.54. The second-order valence-electron chi connectivity index (χ2n) is 3.47. The lowest BCUT2D eigenvalue weighted by molar-refractivity contribution is -0.118. The number of aromatic nitrogens is 1. The molecule has 0 aliphatic rings. The van der Waals surface area contributed by atoms with Crippen LogP contribution in [0.2, 0.25) is 0 Å². The zero-order chi connectivity index (χ0) is 11.1. The zero-order valence-electron chi connectivity index (χ0n) is 9.16. The summed E-state index contributed by atoms with van der Waals surface area (Å²) in [6.07, 6.45) is 8.54. The highest BCUT2D eigenvalue weighted by atomic mass is 16.1. The first kappa shape index (κ1) is 11.4. The zero-order valence-corrected chi connectivity index (χ0v) is 9.16.